The lowest BCUT2D eigenvalue weighted by Crippen LogP contribution is -2.44. The normalized spacial score (nSPS) is 8.01. The Kier molecular flexibility index (Phi) is 470. The fourth-order valence-electron chi connectivity index (χ4n) is 6.43. The zero-order valence-corrected chi connectivity index (χ0v) is 65.5. The molecule has 7 aromatic rings. The number of aromatic carboxylic acids is 1. The predicted octanol–water partition coefficient (Wildman–Crippen LogP) is 36.7. The Bertz CT molecular complexity index is 2890. The number of benzene rings is 2. The van der Waals surface area contributed by atoms with E-state index in [4.69, 9.17) is 370 Å². The minimum Gasteiger partial charge on any atom is -0.478 e. The number of ether oxygens (including phenoxy) is 2. The van der Waals surface area contributed by atoms with Crippen molar-refractivity contribution >= 4 is 75.0 Å². The number of carboxylic acid groups (broad SMARTS) is 1. The Morgan fingerprint density at radius 1 is 0.388 bits per heavy atom. The minimum atomic E-state index is -1.04. The highest BCUT2D eigenvalue weighted by atomic mass is 127. The predicted molar refractivity (Wildman–Crippen MR) is 332 cm³/mol. The van der Waals surface area contributed by atoms with Gasteiger partial charge in [-0.1, -0.05) is 52.0 Å². The maximum Gasteiger partial charge on any atom is 0.335 e. The number of oxime groups is 1. The van der Waals surface area contributed by atoms with E-state index in [0.717, 1.165) is 35.4 Å². The maximum absolute atomic E-state index is 12.9. The first kappa shape index (κ1) is 223. The third kappa shape index (κ3) is 151. The summed E-state index contributed by atoms with van der Waals surface area (Å²) in [6.45, 7) is 9.19. The standard InChI is InChI=1S/C21H20N6O3.C16H13N3O3.C5H11N3O2.CH3I.37F2.FH/c1-14-5-6-15(20-24-21(25-30-20)26-8-10-29-11-9-26)12-16(14)23-19(28)17-13-22-18-4-2-3-7-27(17)18;1-10-5-6-11(16(21)22)8-12(10)18-15(20)13-9-17-14-4-2-3-7-19(13)14;6-5(7-9)8-1-3-10-4-2-8;38*1-2;/h2-7,12-13H,8-11H2,1H3,(H,23,28);2-9H,1H3,(H,18,20)(H,21,22);9H,1-4H2,(H2,6,7);1H3;;;;;;;;;;;;;;;;;;;;;;;;;;;;;;;;;;;;;;1H/i;;;1D;;;;;;;;;;;;;;;;;;;;;;;;;;;;;;;;;;;;;;. The lowest BCUT2D eigenvalue weighted by molar-refractivity contribution is 0.0660. The molecule has 860 valence electrons. The molecule has 0 aliphatic carbocycles. The zero-order chi connectivity index (χ0) is 120. The molecule has 6 N–H and O–H groups in total. The van der Waals surface area contributed by atoms with Crippen LogP contribution in [0.3, 0.4) is 0 Å². The summed E-state index contributed by atoms with van der Waals surface area (Å²) in [6.07, 6.45) is 6.61. The van der Waals surface area contributed by atoms with Crippen molar-refractivity contribution in [2.45, 2.75) is 13.8 Å². The molecule has 2 saturated heterocycles. The molecular formula is C43H48F75IN12O8. The van der Waals surface area contributed by atoms with Crippen LogP contribution in [0.4, 0.5) is 361 Å². The second-order valence-electron chi connectivity index (χ2n) is 14.0. The van der Waals surface area contributed by atoms with Crippen molar-refractivity contribution in [1.29, 1.82) is 0 Å². The molecule has 0 unspecified atom stereocenters. The van der Waals surface area contributed by atoms with E-state index in [1.807, 2.05) is 89.1 Å². The fourth-order valence-corrected chi connectivity index (χ4v) is 6.43. The second kappa shape index (κ2) is 293. The molecule has 2 aliphatic rings. The number of anilines is 3. The molecule has 0 atom stereocenters. The van der Waals surface area contributed by atoms with Gasteiger partial charge in [-0.15, -0.1) is 0 Å². The summed E-state index contributed by atoms with van der Waals surface area (Å²) in [6, 6.07) is 21.3. The van der Waals surface area contributed by atoms with Gasteiger partial charge in [-0.2, -0.15) is 4.98 Å². The highest BCUT2D eigenvalue weighted by molar-refractivity contribution is 14.1. The number of guanidine groups is 1. The number of halogens is 76. The lowest BCUT2D eigenvalue weighted by atomic mass is 10.1. The molecule has 2 aliphatic heterocycles. The van der Waals surface area contributed by atoms with E-state index in [9.17, 15) is 14.4 Å². The molecule has 2 amide bonds. The van der Waals surface area contributed by atoms with Gasteiger partial charge in [0.05, 0.1) is 44.4 Å². The van der Waals surface area contributed by atoms with Crippen molar-refractivity contribution in [3.8, 4) is 11.5 Å². The van der Waals surface area contributed by atoms with Crippen molar-refractivity contribution in [2.75, 3.05) is 73.0 Å². The summed E-state index contributed by atoms with van der Waals surface area (Å²) in [5.41, 5.74) is 11.3. The highest BCUT2D eigenvalue weighted by Crippen LogP contribution is 2.27. The summed E-state index contributed by atoms with van der Waals surface area (Å²) < 4.78 is 618. The summed E-state index contributed by atoms with van der Waals surface area (Å²) >= 11 is 1.96. The van der Waals surface area contributed by atoms with Gasteiger partial charge in [0.1, 0.15) is 22.7 Å². The molecule has 0 spiro atoms. The molecule has 9 rings (SSSR count). The van der Waals surface area contributed by atoms with Crippen molar-refractivity contribution in [1.82, 2.24) is 33.8 Å². The Hall–Kier alpha value is -12.4. The third-order valence-corrected chi connectivity index (χ3v) is 9.91. The maximum atomic E-state index is 12.9. The molecule has 0 saturated carbocycles. The number of imidazole rings is 2. The molecule has 5 aromatic heterocycles. The van der Waals surface area contributed by atoms with E-state index in [0.29, 0.717) is 84.7 Å². The van der Waals surface area contributed by atoms with Crippen LogP contribution in [0, 0.1) is 13.8 Å². The minimum absolute atomic E-state index is 0. The number of nitrogens with zero attached hydrogens (tertiary/aromatic N) is 9. The van der Waals surface area contributed by atoms with Crippen LogP contribution in [0.25, 0.3) is 22.7 Å². The summed E-state index contributed by atoms with van der Waals surface area (Å²) in [4.78, 5) is 53.5. The number of hydrogen-bond acceptors (Lipinski definition) is 13. The van der Waals surface area contributed by atoms with Crippen LogP contribution < -0.4 is 21.3 Å². The van der Waals surface area contributed by atoms with Crippen LogP contribution in [-0.4, -0.2) is 125 Å². The van der Waals surface area contributed by atoms with E-state index < -0.39 is 5.97 Å². The molecular weight excluding hydrogens is 2360 g/mol. The molecule has 0 bridgehead atoms. The van der Waals surface area contributed by atoms with E-state index in [1.54, 1.807) is 45.2 Å². The van der Waals surface area contributed by atoms with Gasteiger partial charge < -0.3 is 50.5 Å². The van der Waals surface area contributed by atoms with Gasteiger partial charge >= 0.3 is 5.97 Å². The monoisotopic (exact) mass is 2410 g/mol. The molecule has 2 aromatic carbocycles. The third-order valence-electron chi connectivity index (χ3n) is 9.91. The number of amides is 2. The molecule has 0 radical (unpaired) electrons. The number of rotatable bonds is 7. The topological polar surface area (TPSA) is 253 Å². The Morgan fingerprint density at radius 2 is 0.633 bits per heavy atom. The number of aromatic nitrogens is 6. The molecule has 7 heterocycles. The number of fused-ring (bicyclic) bond motifs is 2. The van der Waals surface area contributed by atoms with Crippen LogP contribution in [0.15, 0.2) is 107 Å². The van der Waals surface area contributed by atoms with Crippen LogP contribution >= 0.6 is 22.6 Å². The van der Waals surface area contributed by atoms with Crippen LogP contribution in [0.2, 0.25) is 0 Å². The average molecular weight is 2410 g/mol. The van der Waals surface area contributed by atoms with Gasteiger partial charge in [0.25, 0.3) is 23.7 Å². The number of aryl methyl sites for hydroxylation is 2. The van der Waals surface area contributed by atoms with Crippen molar-refractivity contribution in [3.63, 3.8) is 0 Å². The molecule has 20 nitrogen and oxygen atoms in total. The lowest BCUT2D eigenvalue weighted by Gasteiger charge is -2.26. The number of alkyl halides is 1. The highest BCUT2D eigenvalue weighted by Gasteiger charge is 2.20. The fraction of sp³-hybridized carbons (Fsp3) is 0.256. The number of carbonyl (C=O) groups is 3. The van der Waals surface area contributed by atoms with E-state index in [2.05, 4.69) is 35.9 Å². The largest absolute Gasteiger partial charge is 0.478 e. The number of nitrogens with two attached hydrogens (primary N) is 1. The summed E-state index contributed by atoms with van der Waals surface area (Å²) in [5, 5.41) is 30.0. The number of carboxylic acids is 1. The number of nitrogens with one attached hydrogen (secondary N) is 2. The number of morpholine rings is 2. The van der Waals surface area contributed by atoms with Crippen LogP contribution in [-0.2, 0) is 9.47 Å². The average Bonchev–Trinajstić information content (AvgIpc) is 1.66. The van der Waals surface area contributed by atoms with Crippen molar-refractivity contribution in [3.05, 3.63) is 126 Å². The number of pyridine rings is 2. The van der Waals surface area contributed by atoms with Crippen molar-refractivity contribution in [2.24, 2.45) is 10.9 Å². The van der Waals surface area contributed by atoms with Gasteiger partial charge in [-0.25, -0.2) is 14.8 Å². The first-order chi connectivity index (χ1) is 68.5. The first-order valence-corrected chi connectivity index (χ1v) is 26.6. The van der Waals surface area contributed by atoms with E-state index >= 15 is 0 Å². The molecule has 96 heteroatoms. The van der Waals surface area contributed by atoms with Crippen LogP contribution in [0.1, 0.15) is 43.8 Å². The Labute approximate surface area is 727 Å². The summed E-state index contributed by atoms with van der Waals surface area (Å²) in [7, 11) is 0. The van der Waals surface area contributed by atoms with Gasteiger partial charge in [0.15, 0.2) is 0 Å². The second-order valence-corrected chi connectivity index (χ2v) is 14.0. The van der Waals surface area contributed by atoms with Crippen molar-refractivity contribution < 1.29 is 383 Å². The zero-order valence-electron chi connectivity index (χ0n) is 64.3. The Morgan fingerprint density at radius 3 is 0.885 bits per heavy atom. The Balaban J connectivity index is -0.0000000301. The van der Waals surface area contributed by atoms with Gasteiger partial charge in [0.2, 0.25) is 5.96 Å². The van der Waals surface area contributed by atoms with Crippen LogP contribution in [0.5, 0.6) is 0 Å². The van der Waals surface area contributed by atoms with E-state index in [-0.39, 0.29) is 28.0 Å². The van der Waals surface area contributed by atoms with Gasteiger partial charge in [-0.05, 0) is 83.6 Å². The van der Waals surface area contributed by atoms with Gasteiger partial charge in [-0.3, -0.25) is 23.1 Å². The number of hydrogen-bond donors (Lipinski definition) is 5. The van der Waals surface area contributed by atoms with Gasteiger partial charge in [0, 0.05) is 395 Å². The number of carbonyl (C=O) groups excluding carboxylic acids is 2. The SMILES string of the molecule is Cc1ccc(-c2nc(N3CCOCC3)no2)cc1NC(=O)c1cnc2ccccn12.Cc1ccc(C(=O)O)cc1NC(=O)c1cnc2ccccn12.F.FF.FF.FF.FF.FF.FF.FF.FF.FF.FF.FF.FF.FF.FF.FF.FF.FF.FF.FF.FF.FF.FF.FF.FF.FF.FF.FF.FF.FF.FF.FF.FF.FF.FF.FF.FF.FF.N/C(=N\O)N1CCOCC1.[2H]CI. The smallest absolute Gasteiger partial charge is 0.335 e. The summed E-state index contributed by atoms with van der Waals surface area (Å²) in [5.74, 6) is -0.501. The molecule has 139 heavy (non-hydrogen) atoms. The first-order valence-electron chi connectivity index (χ1n) is 25.7. The quantitative estimate of drug-likeness (QED) is 0.0189. The van der Waals surface area contributed by atoms with E-state index in [1.165, 1.54) is 18.3 Å². The molecule has 2 fully saturated rings.